The van der Waals surface area contributed by atoms with Gasteiger partial charge in [0.25, 0.3) is 0 Å². The molecule has 0 aliphatic heterocycles. The molecule has 0 spiro atoms. The number of aryl methyl sites for hydroxylation is 4. The van der Waals surface area contributed by atoms with E-state index in [1.165, 1.54) is 15.4 Å². The number of rotatable bonds is 9. The molecule has 29 heavy (non-hydrogen) atoms. The molecule has 5 nitrogen and oxygen atoms in total. The molecule has 0 aliphatic carbocycles. The summed E-state index contributed by atoms with van der Waals surface area (Å²) >= 11 is 1.74. The van der Waals surface area contributed by atoms with Crippen molar-refractivity contribution in [1.29, 1.82) is 0 Å². The fourth-order valence-electron chi connectivity index (χ4n) is 3.33. The predicted molar refractivity (Wildman–Crippen MR) is 123 cm³/mol. The van der Waals surface area contributed by atoms with E-state index in [4.69, 9.17) is 0 Å². The van der Waals surface area contributed by atoms with Crippen LogP contribution in [-0.4, -0.2) is 39.4 Å². The van der Waals surface area contributed by atoms with Crippen molar-refractivity contribution < 1.29 is 13.2 Å². The van der Waals surface area contributed by atoms with Crippen LogP contribution in [0.25, 0.3) is 0 Å². The standard InChI is InChI=1S/C22H30N2O3S2/c1-16-12-18(3)22(19(4)13-16)24(29(5,26)27)14-21(25)23-10-11-28-15-20-9-7-6-8-17(20)2/h6-9,12-13H,10-11,14-15H2,1-5H3,(H,23,25). The molecule has 2 aromatic carbocycles. The lowest BCUT2D eigenvalue weighted by Gasteiger charge is -2.26. The van der Waals surface area contributed by atoms with Crippen molar-refractivity contribution >= 4 is 33.4 Å². The second-order valence-corrected chi connectivity index (χ2v) is 10.4. The number of hydrogen-bond acceptors (Lipinski definition) is 4. The van der Waals surface area contributed by atoms with E-state index in [-0.39, 0.29) is 12.5 Å². The minimum Gasteiger partial charge on any atom is -0.354 e. The summed E-state index contributed by atoms with van der Waals surface area (Å²) in [5.41, 5.74) is 5.88. The molecular formula is C22H30N2O3S2. The van der Waals surface area contributed by atoms with Crippen molar-refractivity contribution in [1.82, 2.24) is 5.32 Å². The van der Waals surface area contributed by atoms with Gasteiger partial charge in [-0.15, -0.1) is 0 Å². The minimum absolute atomic E-state index is 0.216. The Morgan fingerprint density at radius 1 is 1.03 bits per heavy atom. The van der Waals surface area contributed by atoms with E-state index in [1.807, 2.05) is 45.0 Å². The number of sulfonamides is 1. The Balaban J connectivity index is 1.94. The fraction of sp³-hybridized carbons (Fsp3) is 0.409. The van der Waals surface area contributed by atoms with Crippen molar-refractivity contribution in [2.45, 2.75) is 33.4 Å². The first-order valence-corrected chi connectivity index (χ1v) is 12.5. The summed E-state index contributed by atoms with van der Waals surface area (Å²) < 4.78 is 25.9. The van der Waals surface area contributed by atoms with Crippen molar-refractivity contribution in [3.8, 4) is 0 Å². The summed E-state index contributed by atoms with van der Waals surface area (Å²) in [7, 11) is -3.58. The number of hydrogen-bond donors (Lipinski definition) is 1. The molecule has 158 valence electrons. The van der Waals surface area contributed by atoms with Crippen LogP contribution in [-0.2, 0) is 20.6 Å². The molecule has 1 amide bonds. The molecule has 0 fully saturated rings. The van der Waals surface area contributed by atoms with Crippen LogP contribution >= 0.6 is 11.8 Å². The summed E-state index contributed by atoms with van der Waals surface area (Å²) in [5, 5.41) is 2.84. The highest BCUT2D eigenvalue weighted by molar-refractivity contribution is 7.98. The van der Waals surface area contributed by atoms with Crippen LogP contribution in [0.15, 0.2) is 36.4 Å². The molecule has 7 heteroatoms. The van der Waals surface area contributed by atoms with Crippen molar-refractivity contribution in [2.24, 2.45) is 0 Å². The Kier molecular flexibility index (Phi) is 8.16. The Morgan fingerprint density at radius 3 is 2.24 bits per heavy atom. The maximum atomic E-state index is 12.4. The van der Waals surface area contributed by atoms with Gasteiger partial charge in [0.1, 0.15) is 6.54 Å². The Labute approximate surface area is 178 Å². The molecule has 0 saturated carbocycles. The van der Waals surface area contributed by atoms with Gasteiger partial charge in [-0.25, -0.2) is 8.42 Å². The second-order valence-electron chi connectivity index (χ2n) is 7.35. The SMILES string of the molecule is Cc1cc(C)c(N(CC(=O)NCCSCc2ccccc2C)S(C)(=O)=O)c(C)c1. The number of nitrogens with zero attached hydrogens (tertiary/aromatic N) is 1. The van der Waals surface area contributed by atoms with Crippen LogP contribution in [0.4, 0.5) is 5.69 Å². The Hall–Kier alpha value is -1.99. The average molecular weight is 435 g/mol. The number of amides is 1. The summed E-state index contributed by atoms with van der Waals surface area (Å²) in [6.45, 7) is 8.08. The molecule has 2 rings (SSSR count). The van der Waals surface area contributed by atoms with Gasteiger partial charge < -0.3 is 5.32 Å². The zero-order valence-electron chi connectivity index (χ0n) is 17.8. The highest BCUT2D eigenvalue weighted by Gasteiger charge is 2.24. The number of nitrogens with one attached hydrogen (secondary N) is 1. The predicted octanol–water partition coefficient (Wildman–Crippen LogP) is 3.74. The number of anilines is 1. The first-order chi connectivity index (χ1) is 13.6. The van der Waals surface area contributed by atoms with E-state index in [2.05, 4.69) is 24.4 Å². The van der Waals surface area contributed by atoms with Crippen molar-refractivity contribution in [3.05, 3.63) is 64.2 Å². The maximum Gasteiger partial charge on any atom is 0.240 e. The van der Waals surface area contributed by atoms with Crippen LogP contribution in [0.3, 0.4) is 0 Å². The van der Waals surface area contributed by atoms with Gasteiger partial charge in [-0.2, -0.15) is 11.8 Å². The zero-order chi connectivity index (χ0) is 21.6. The largest absolute Gasteiger partial charge is 0.354 e. The number of thioether (sulfide) groups is 1. The van der Waals surface area contributed by atoms with Gasteiger partial charge in [0.2, 0.25) is 15.9 Å². The summed E-state index contributed by atoms with van der Waals surface area (Å²) in [5.74, 6) is 1.35. The zero-order valence-corrected chi connectivity index (χ0v) is 19.4. The maximum absolute atomic E-state index is 12.4. The topological polar surface area (TPSA) is 66.5 Å². The molecule has 0 radical (unpaired) electrons. The number of carbonyl (C=O) groups excluding carboxylic acids is 1. The molecule has 2 aromatic rings. The van der Waals surface area contributed by atoms with Crippen LogP contribution in [0, 0.1) is 27.7 Å². The smallest absolute Gasteiger partial charge is 0.240 e. The molecule has 0 unspecified atom stereocenters. The van der Waals surface area contributed by atoms with Crippen LogP contribution in [0.1, 0.15) is 27.8 Å². The van der Waals surface area contributed by atoms with Gasteiger partial charge in [0, 0.05) is 18.1 Å². The van der Waals surface area contributed by atoms with E-state index in [9.17, 15) is 13.2 Å². The molecular weight excluding hydrogens is 404 g/mol. The fourth-order valence-corrected chi connectivity index (χ4v) is 5.24. The normalized spacial score (nSPS) is 11.3. The number of benzene rings is 2. The third kappa shape index (κ3) is 6.78. The Bertz CT molecular complexity index is 949. The first-order valence-electron chi connectivity index (χ1n) is 9.54. The molecule has 1 N–H and O–H groups in total. The molecule has 0 atom stereocenters. The lowest BCUT2D eigenvalue weighted by atomic mass is 10.1. The van der Waals surface area contributed by atoms with Crippen LogP contribution in [0.2, 0.25) is 0 Å². The van der Waals surface area contributed by atoms with Gasteiger partial charge in [0.05, 0.1) is 11.9 Å². The van der Waals surface area contributed by atoms with E-state index >= 15 is 0 Å². The average Bonchev–Trinajstić information content (AvgIpc) is 2.60. The molecule has 0 aliphatic rings. The molecule has 0 bridgehead atoms. The molecule has 0 saturated heterocycles. The molecule has 0 heterocycles. The summed E-state index contributed by atoms with van der Waals surface area (Å²) in [4.78, 5) is 12.4. The van der Waals surface area contributed by atoms with Gasteiger partial charge >= 0.3 is 0 Å². The van der Waals surface area contributed by atoms with Gasteiger partial charge in [-0.1, -0.05) is 42.0 Å². The van der Waals surface area contributed by atoms with Gasteiger partial charge in [-0.05, 0) is 49.9 Å². The highest BCUT2D eigenvalue weighted by atomic mass is 32.2. The third-order valence-electron chi connectivity index (χ3n) is 4.66. The monoisotopic (exact) mass is 434 g/mol. The minimum atomic E-state index is -3.58. The van der Waals surface area contributed by atoms with Crippen LogP contribution in [0.5, 0.6) is 0 Å². The highest BCUT2D eigenvalue weighted by Crippen LogP contribution is 2.28. The summed E-state index contributed by atoms with van der Waals surface area (Å²) in [6, 6.07) is 12.1. The van der Waals surface area contributed by atoms with E-state index < -0.39 is 10.0 Å². The van der Waals surface area contributed by atoms with E-state index in [1.54, 1.807) is 11.8 Å². The lowest BCUT2D eigenvalue weighted by molar-refractivity contribution is -0.119. The van der Waals surface area contributed by atoms with Crippen molar-refractivity contribution in [2.75, 3.05) is 29.4 Å². The van der Waals surface area contributed by atoms with Gasteiger partial charge in [0.15, 0.2) is 0 Å². The third-order valence-corrected chi connectivity index (χ3v) is 6.78. The summed E-state index contributed by atoms with van der Waals surface area (Å²) in [6.07, 6.45) is 1.14. The van der Waals surface area contributed by atoms with Gasteiger partial charge in [-0.3, -0.25) is 9.10 Å². The van der Waals surface area contributed by atoms with E-state index in [0.29, 0.717) is 12.2 Å². The second kappa shape index (κ2) is 10.2. The quantitative estimate of drug-likeness (QED) is 0.611. The van der Waals surface area contributed by atoms with Crippen LogP contribution < -0.4 is 9.62 Å². The molecule has 0 aromatic heterocycles. The lowest BCUT2D eigenvalue weighted by Crippen LogP contribution is -2.41. The van der Waals surface area contributed by atoms with Crippen molar-refractivity contribution in [3.63, 3.8) is 0 Å². The first kappa shape index (κ1) is 23.3. The Morgan fingerprint density at radius 2 is 1.66 bits per heavy atom. The number of carbonyl (C=O) groups is 1. The van der Waals surface area contributed by atoms with E-state index in [0.717, 1.165) is 34.5 Å².